The Morgan fingerprint density at radius 1 is 0.893 bits per heavy atom. The summed E-state index contributed by atoms with van der Waals surface area (Å²) in [6, 6.07) is 0. The Hall–Kier alpha value is -1.39. The van der Waals surface area contributed by atoms with E-state index in [0.717, 1.165) is 32.1 Å². The van der Waals surface area contributed by atoms with Crippen LogP contribution < -0.4 is 0 Å². The SMILES string of the molecule is CC(=O)OC1CC2(C)C(CCC3C2CCC2(C)C(OC(C)=O)CCC32)CC1=O. The zero-order valence-corrected chi connectivity index (χ0v) is 17.7. The molecule has 0 heterocycles. The molecule has 0 amide bonds. The maximum absolute atomic E-state index is 12.5. The molecule has 0 N–H and O–H groups in total. The molecule has 0 radical (unpaired) electrons. The lowest BCUT2D eigenvalue weighted by molar-refractivity contribution is -0.175. The summed E-state index contributed by atoms with van der Waals surface area (Å²) in [4.78, 5) is 35.6. The van der Waals surface area contributed by atoms with E-state index in [9.17, 15) is 14.4 Å². The number of rotatable bonds is 2. The number of hydrogen-bond donors (Lipinski definition) is 0. The van der Waals surface area contributed by atoms with Crippen LogP contribution in [0, 0.1) is 34.5 Å². The van der Waals surface area contributed by atoms with Gasteiger partial charge in [-0.2, -0.15) is 0 Å². The number of esters is 2. The Kier molecular flexibility index (Phi) is 4.86. The number of carbonyl (C=O) groups is 3. The van der Waals surface area contributed by atoms with E-state index in [1.165, 1.54) is 20.3 Å². The maximum atomic E-state index is 12.5. The van der Waals surface area contributed by atoms with Gasteiger partial charge in [-0.05, 0) is 74.0 Å². The van der Waals surface area contributed by atoms with E-state index in [1.807, 2.05) is 0 Å². The quantitative estimate of drug-likeness (QED) is 0.665. The van der Waals surface area contributed by atoms with Gasteiger partial charge in [-0.15, -0.1) is 0 Å². The molecule has 5 heteroatoms. The molecule has 4 fully saturated rings. The fraction of sp³-hybridized carbons (Fsp3) is 0.870. The largest absolute Gasteiger partial charge is 0.462 e. The maximum Gasteiger partial charge on any atom is 0.303 e. The lowest BCUT2D eigenvalue weighted by Crippen LogP contribution is -2.56. The second-order valence-electron chi connectivity index (χ2n) is 10.3. The van der Waals surface area contributed by atoms with Crippen LogP contribution in [0.5, 0.6) is 0 Å². The highest BCUT2D eigenvalue weighted by molar-refractivity contribution is 5.86. The Balaban J connectivity index is 1.58. The number of ketones is 1. The molecule has 0 bridgehead atoms. The standard InChI is InChI=1S/C23H34O5/c1-13(24)27-20-12-23(4)15(11-19(20)26)5-6-16-17-7-8-21(28-14(2)25)22(17,3)10-9-18(16)23/h15-18,20-21H,5-12H2,1-4H3. The van der Waals surface area contributed by atoms with E-state index >= 15 is 0 Å². The molecule has 8 unspecified atom stereocenters. The molecule has 8 atom stereocenters. The second kappa shape index (κ2) is 6.84. The van der Waals surface area contributed by atoms with E-state index in [4.69, 9.17) is 9.47 Å². The summed E-state index contributed by atoms with van der Waals surface area (Å²) < 4.78 is 11.1. The van der Waals surface area contributed by atoms with Gasteiger partial charge < -0.3 is 9.47 Å². The normalized spacial score (nSPS) is 47.5. The summed E-state index contributed by atoms with van der Waals surface area (Å²) in [5.74, 6) is 1.75. The van der Waals surface area contributed by atoms with Crippen molar-refractivity contribution in [2.75, 3.05) is 0 Å². The molecule has 5 nitrogen and oxygen atoms in total. The summed E-state index contributed by atoms with van der Waals surface area (Å²) in [5.41, 5.74) is 0.133. The Morgan fingerprint density at radius 3 is 2.25 bits per heavy atom. The monoisotopic (exact) mass is 390 g/mol. The highest BCUT2D eigenvalue weighted by atomic mass is 16.5. The Morgan fingerprint density at radius 2 is 1.57 bits per heavy atom. The van der Waals surface area contributed by atoms with E-state index in [0.29, 0.717) is 36.5 Å². The molecular weight excluding hydrogens is 356 g/mol. The number of fused-ring (bicyclic) bond motifs is 5. The molecule has 0 aromatic carbocycles. The lowest BCUT2D eigenvalue weighted by Gasteiger charge is -2.60. The van der Waals surface area contributed by atoms with E-state index in [1.54, 1.807) is 0 Å². The van der Waals surface area contributed by atoms with Gasteiger partial charge >= 0.3 is 11.9 Å². The molecule has 4 aliphatic carbocycles. The third kappa shape index (κ3) is 3.00. The number of Topliss-reactive ketones (excluding diaryl/α,β-unsaturated/α-hetero) is 1. The molecule has 0 spiro atoms. The zero-order chi connectivity index (χ0) is 20.3. The van der Waals surface area contributed by atoms with Crippen molar-refractivity contribution in [1.82, 2.24) is 0 Å². The van der Waals surface area contributed by atoms with Crippen LogP contribution in [-0.4, -0.2) is 29.9 Å². The fourth-order valence-corrected chi connectivity index (χ4v) is 7.73. The van der Waals surface area contributed by atoms with E-state index < -0.39 is 6.10 Å². The first-order chi connectivity index (χ1) is 13.1. The lowest BCUT2D eigenvalue weighted by atomic mass is 9.45. The zero-order valence-electron chi connectivity index (χ0n) is 17.7. The third-order valence-electron chi connectivity index (χ3n) is 9.03. The Labute approximate surface area is 167 Å². The van der Waals surface area contributed by atoms with Gasteiger partial charge in [-0.25, -0.2) is 0 Å². The van der Waals surface area contributed by atoms with Crippen molar-refractivity contribution < 1.29 is 23.9 Å². The van der Waals surface area contributed by atoms with E-state index in [2.05, 4.69) is 13.8 Å². The molecule has 0 saturated heterocycles. The molecular formula is C23H34O5. The molecule has 4 aliphatic rings. The van der Waals surface area contributed by atoms with Gasteiger partial charge in [0, 0.05) is 25.7 Å². The first-order valence-corrected chi connectivity index (χ1v) is 11.0. The number of carbonyl (C=O) groups excluding carboxylic acids is 3. The van der Waals surface area contributed by atoms with Crippen molar-refractivity contribution in [3.8, 4) is 0 Å². The van der Waals surface area contributed by atoms with Crippen LogP contribution in [0.15, 0.2) is 0 Å². The van der Waals surface area contributed by atoms with Gasteiger partial charge in [0.1, 0.15) is 6.10 Å². The van der Waals surface area contributed by atoms with Gasteiger partial charge in [0.25, 0.3) is 0 Å². The summed E-state index contributed by atoms with van der Waals surface area (Å²) in [6.07, 6.45) is 7.25. The van der Waals surface area contributed by atoms with Gasteiger partial charge in [0.2, 0.25) is 0 Å². The fourth-order valence-electron chi connectivity index (χ4n) is 7.73. The summed E-state index contributed by atoms with van der Waals surface area (Å²) in [6.45, 7) is 7.58. The van der Waals surface area contributed by atoms with Crippen LogP contribution in [0.1, 0.15) is 79.1 Å². The number of ether oxygens (including phenoxy) is 2. The summed E-state index contributed by atoms with van der Waals surface area (Å²) >= 11 is 0. The minimum Gasteiger partial charge on any atom is -0.462 e. The second-order valence-corrected chi connectivity index (χ2v) is 10.3. The van der Waals surface area contributed by atoms with Gasteiger partial charge in [0.15, 0.2) is 11.9 Å². The van der Waals surface area contributed by atoms with Gasteiger partial charge in [0.05, 0.1) is 0 Å². The van der Waals surface area contributed by atoms with Crippen molar-refractivity contribution in [3.05, 3.63) is 0 Å². The first kappa shape index (κ1) is 19.9. The predicted octanol–water partition coefficient (Wildman–Crippen LogP) is 4.07. The molecule has 156 valence electrons. The highest BCUT2D eigenvalue weighted by Gasteiger charge is 2.62. The van der Waals surface area contributed by atoms with Crippen molar-refractivity contribution in [3.63, 3.8) is 0 Å². The number of hydrogen-bond acceptors (Lipinski definition) is 5. The van der Waals surface area contributed by atoms with Gasteiger partial charge in [-0.1, -0.05) is 13.8 Å². The molecule has 0 aromatic rings. The molecule has 4 saturated carbocycles. The van der Waals surface area contributed by atoms with Crippen LogP contribution in [-0.2, 0) is 23.9 Å². The third-order valence-corrected chi connectivity index (χ3v) is 9.03. The van der Waals surface area contributed by atoms with E-state index in [-0.39, 0.29) is 34.7 Å². The van der Waals surface area contributed by atoms with Crippen LogP contribution in [0.4, 0.5) is 0 Å². The molecule has 4 rings (SSSR count). The smallest absolute Gasteiger partial charge is 0.303 e. The molecule has 0 aromatic heterocycles. The first-order valence-electron chi connectivity index (χ1n) is 11.0. The summed E-state index contributed by atoms with van der Waals surface area (Å²) in [5, 5.41) is 0. The van der Waals surface area contributed by atoms with Crippen LogP contribution >= 0.6 is 0 Å². The average molecular weight is 391 g/mol. The average Bonchev–Trinajstić information content (AvgIpc) is 2.92. The minimum absolute atomic E-state index is 0.0446. The summed E-state index contributed by atoms with van der Waals surface area (Å²) in [7, 11) is 0. The van der Waals surface area contributed by atoms with Crippen LogP contribution in [0.25, 0.3) is 0 Å². The highest BCUT2D eigenvalue weighted by Crippen LogP contribution is 2.66. The minimum atomic E-state index is -0.566. The van der Waals surface area contributed by atoms with Crippen LogP contribution in [0.2, 0.25) is 0 Å². The molecule has 28 heavy (non-hydrogen) atoms. The molecule has 0 aliphatic heterocycles. The predicted molar refractivity (Wildman–Crippen MR) is 103 cm³/mol. The van der Waals surface area contributed by atoms with Crippen molar-refractivity contribution in [2.24, 2.45) is 34.5 Å². The van der Waals surface area contributed by atoms with Crippen LogP contribution in [0.3, 0.4) is 0 Å². The van der Waals surface area contributed by atoms with Crippen molar-refractivity contribution in [1.29, 1.82) is 0 Å². The van der Waals surface area contributed by atoms with Crippen molar-refractivity contribution >= 4 is 17.7 Å². The van der Waals surface area contributed by atoms with Gasteiger partial charge in [-0.3, -0.25) is 14.4 Å². The van der Waals surface area contributed by atoms with Crippen molar-refractivity contribution in [2.45, 2.75) is 91.3 Å². The topological polar surface area (TPSA) is 69.7 Å². The Bertz CT molecular complexity index is 686.